The fraction of sp³-hybridized carbons (Fsp3) is 0.643. The second-order valence-electron chi connectivity index (χ2n) is 12.4. The largest absolute Gasteiger partial charge is 0.390 e. The van der Waals surface area contributed by atoms with Gasteiger partial charge in [-0.05, 0) is 94.2 Å². The smallest absolute Gasteiger partial charge is 0.322 e. The Morgan fingerprint density at radius 2 is 1.92 bits per heavy atom. The van der Waals surface area contributed by atoms with Crippen LogP contribution in [0.5, 0.6) is 0 Å². The highest BCUT2D eigenvalue weighted by Gasteiger charge is 2.57. The van der Waals surface area contributed by atoms with Gasteiger partial charge in [-0.3, -0.25) is 0 Å². The lowest BCUT2D eigenvalue weighted by molar-refractivity contribution is -0.0488. The molecular weight excluding hydrogens is 492 g/mol. The number of hydrogen-bond acceptors (Lipinski definition) is 6. The Bertz CT molecular complexity index is 1240. The molecule has 2 aromatic rings. The van der Waals surface area contributed by atoms with Crippen molar-refractivity contribution in [1.82, 2.24) is 15.5 Å². The Kier molecular flexibility index (Phi) is 6.29. The van der Waals surface area contributed by atoms with Crippen LogP contribution in [0.25, 0.3) is 0 Å². The quantitative estimate of drug-likeness (QED) is 0.474. The average Bonchev–Trinajstić information content (AvgIpc) is 3.38. The van der Waals surface area contributed by atoms with Crippen molar-refractivity contribution in [2.45, 2.75) is 106 Å². The van der Waals surface area contributed by atoms with Gasteiger partial charge >= 0.3 is 12.0 Å². The van der Waals surface area contributed by atoms with Crippen LogP contribution in [0.4, 0.5) is 13.6 Å². The number of nitriles is 1. The van der Waals surface area contributed by atoms with E-state index in [1.807, 2.05) is 25.1 Å². The summed E-state index contributed by atoms with van der Waals surface area (Å²) in [4.78, 5) is 16.5. The van der Waals surface area contributed by atoms with Crippen molar-refractivity contribution >= 4 is 6.03 Å². The number of aromatic nitrogens is 2. The number of carbonyl (C=O) groups excluding carboxylic acids is 1. The Balaban J connectivity index is 1.45. The number of urea groups is 1. The molecule has 8 nitrogen and oxygen atoms in total. The molecule has 4 aliphatic rings. The van der Waals surface area contributed by atoms with Crippen LogP contribution in [0.1, 0.15) is 107 Å². The maximum Gasteiger partial charge on any atom is 0.322 e. The standard InChI is InChI=1S/C28H35F2N5O3/c1-24(37)6-13-28(34-23(32)36,20(15-24)19-5-3-4-18(14-19)16-31)17-26-7-10-27(11-8-26,12-9-26)21-33-22(38-35-21)25(2,29)30/h3-5,14,20,37H,6-13,15,17H2,1-2H3,(H3,32,34,36)/t20-,24-,26?,27?,28-/m1/s1. The van der Waals surface area contributed by atoms with Crippen LogP contribution in [0, 0.1) is 16.7 Å². The molecule has 10 heteroatoms. The predicted molar refractivity (Wildman–Crippen MR) is 134 cm³/mol. The molecule has 38 heavy (non-hydrogen) atoms. The van der Waals surface area contributed by atoms with Gasteiger partial charge in [-0.15, -0.1) is 0 Å². The second kappa shape index (κ2) is 9.01. The first-order chi connectivity index (χ1) is 17.8. The highest BCUT2D eigenvalue weighted by atomic mass is 19.3. The number of rotatable bonds is 6. The number of alkyl halides is 2. The van der Waals surface area contributed by atoms with Crippen molar-refractivity contribution in [2.75, 3.05) is 0 Å². The third-order valence-electron chi connectivity index (χ3n) is 9.58. The van der Waals surface area contributed by atoms with Crippen LogP contribution >= 0.6 is 0 Å². The first-order valence-electron chi connectivity index (χ1n) is 13.3. The summed E-state index contributed by atoms with van der Waals surface area (Å²) in [5.74, 6) is -3.69. The van der Waals surface area contributed by atoms with E-state index >= 15 is 0 Å². The van der Waals surface area contributed by atoms with Crippen LogP contribution in [-0.2, 0) is 11.3 Å². The lowest BCUT2D eigenvalue weighted by Gasteiger charge is -2.58. The summed E-state index contributed by atoms with van der Waals surface area (Å²) in [6.07, 6.45) is 6.94. The van der Waals surface area contributed by atoms with Crippen molar-refractivity contribution < 1.29 is 23.2 Å². The molecule has 0 radical (unpaired) electrons. The minimum atomic E-state index is -3.18. The van der Waals surface area contributed by atoms with Crippen LogP contribution < -0.4 is 11.1 Å². The van der Waals surface area contributed by atoms with Gasteiger partial charge in [0.25, 0.3) is 5.89 Å². The molecule has 0 saturated heterocycles. The zero-order valence-electron chi connectivity index (χ0n) is 21.9. The van der Waals surface area contributed by atoms with Gasteiger partial charge in [0.1, 0.15) is 0 Å². The molecule has 4 aliphatic carbocycles. The molecular formula is C28H35F2N5O3. The Hall–Kier alpha value is -3.06. The normalized spacial score (nSPS) is 35.0. The number of nitrogens with one attached hydrogen (secondary N) is 1. The van der Waals surface area contributed by atoms with E-state index < -0.39 is 29.0 Å². The molecule has 1 aromatic heterocycles. The molecule has 4 N–H and O–H groups in total. The molecule has 0 aliphatic heterocycles. The molecule has 3 atom stereocenters. The molecule has 0 unspecified atom stereocenters. The number of nitrogens with zero attached hydrogens (tertiary/aromatic N) is 3. The topological polar surface area (TPSA) is 138 Å². The molecule has 2 bridgehead atoms. The number of hydrogen-bond donors (Lipinski definition) is 3. The lowest BCUT2D eigenvalue weighted by atomic mass is 9.49. The number of carbonyl (C=O) groups is 1. The van der Waals surface area contributed by atoms with Gasteiger partial charge in [0.15, 0.2) is 5.82 Å². The average molecular weight is 528 g/mol. The second-order valence-corrected chi connectivity index (χ2v) is 12.4. The van der Waals surface area contributed by atoms with Crippen molar-refractivity contribution in [3.8, 4) is 6.07 Å². The summed E-state index contributed by atoms with van der Waals surface area (Å²) in [7, 11) is 0. The van der Waals surface area contributed by atoms with E-state index in [9.17, 15) is 23.9 Å². The Labute approximate surface area is 221 Å². The van der Waals surface area contributed by atoms with Crippen LogP contribution in [0.3, 0.4) is 0 Å². The monoisotopic (exact) mass is 527 g/mol. The van der Waals surface area contributed by atoms with E-state index in [2.05, 4.69) is 21.5 Å². The Morgan fingerprint density at radius 3 is 2.50 bits per heavy atom. The zero-order chi connectivity index (χ0) is 27.4. The van der Waals surface area contributed by atoms with Crippen LogP contribution in [-0.4, -0.2) is 32.4 Å². The molecule has 204 valence electrons. The van der Waals surface area contributed by atoms with E-state index in [-0.39, 0.29) is 16.7 Å². The predicted octanol–water partition coefficient (Wildman–Crippen LogP) is 5.16. The van der Waals surface area contributed by atoms with Crippen LogP contribution in [0.2, 0.25) is 0 Å². The number of primary amides is 1. The fourth-order valence-electron chi connectivity index (χ4n) is 7.47. The van der Waals surface area contributed by atoms with Crippen LogP contribution in [0.15, 0.2) is 28.8 Å². The number of amides is 2. The molecule has 6 rings (SSSR count). The maximum absolute atomic E-state index is 13.7. The van der Waals surface area contributed by atoms with Crippen molar-refractivity contribution in [2.24, 2.45) is 11.1 Å². The highest BCUT2D eigenvalue weighted by molar-refractivity contribution is 5.73. The Morgan fingerprint density at radius 1 is 1.24 bits per heavy atom. The highest BCUT2D eigenvalue weighted by Crippen LogP contribution is 2.62. The van der Waals surface area contributed by atoms with E-state index in [4.69, 9.17) is 10.3 Å². The summed E-state index contributed by atoms with van der Waals surface area (Å²) in [6, 6.07) is 8.95. The third-order valence-corrected chi connectivity index (χ3v) is 9.58. The summed E-state index contributed by atoms with van der Waals surface area (Å²) >= 11 is 0. The lowest BCUT2D eigenvalue weighted by Crippen LogP contribution is -2.62. The van der Waals surface area contributed by atoms with Gasteiger partial charge in [0.2, 0.25) is 0 Å². The van der Waals surface area contributed by atoms with Crippen molar-refractivity contribution in [3.05, 3.63) is 47.1 Å². The van der Waals surface area contributed by atoms with Gasteiger partial charge in [-0.25, -0.2) is 4.79 Å². The van der Waals surface area contributed by atoms with Gasteiger partial charge in [-0.1, -0.05) is 17.3 Å². The SMILES string of the molecule is CC(F)(F)c1nc(C23CCC(C[C@]4(NC(N)=O)CC[C@@](C)(O)C[C@@H]4c4cccc(C#N)c4)(CC2)CC3)no1. The van der Waals surface area contributed by atoms with E-state index in [0.717, 1.165) is 51.0 Å². The zero-order valence-corrected chi connectivity index (χ0v) is 21.9. The number of fused-ring (bicyclic) bond motifs is 3. The maximum atomic E-state index is 13.7. The number of benzene rings is 1. The number of nitrogens with two attached hydrogens (primary N) is 1. The third kappa shape index (κ3) is 4.77. The molecule has 4 saturated carbocycles. The fourth-order valence-corrected chi connectivity index (χ4v) is 7.47. The molecule has 1 aromatic carbocycles. The first-order valence-corrected chi connectivity index (χ1v) is 13.3. The summed E-state index contributed by atoms with van der Waals surface area (Å²) in [5, 5.41) is 27.7. The minimum absolute atomic E-state index is 0.0836. The summed E-state index contributed by atoms with van der Waals surface area (Å²) in [6.45, 7) is 2.57. The van der Waals surface area contributed by atoms with Gasteiger partial charge in [0, 0.05) is 23.8 Å². The van der Waals surface area contributed by atoms with E-state index in [1.165, 1.54) is 0 Å². The molecule has 2 amide bonds. The van der Waals surface area contributed by atoms with Gasteiger partial charge in [0.05, 0.1) is 17.2 Å². The van der Waals surface area contributed by atoms with Gasteiger partial charge in [-0.2, -0.15) is 19.0 Å². The summed E-state index contributed by atoms with van der Waals surface area (Å²) < 4.78 is 32.4. The van der Waals surface area contributed by atoms with E-state index in [0.29, 0.717) is 37.1 Å². The number of halogens is 2. The molecule has 1 heterocycles. The number of aliphatic hydroxyl groups is 1. The first kappa shape index (κ1) is 26.5. The molecule has 4 fully saturated rings. The minimum Gasteiger partial charge on any atom is -0.390 e. The van der Waals surface area contributed by atoms with Gasteiger partial charge < -0.3 is 20.7 Å². The van der Waals surface area contributed by atoms with Crippen molar-refractivity contribution in [3.63, 3.8) is 0 Å². The summed E-state index contributed by atoms with van der Waals surface area (Å²) in [5.41, 5.74) is 5.10. The molecule has 0 spiro atoms. The van der Waals surface area contributed by atoms with Crippen molar-refractivity contribution in [1.29, 1.82) is 5.26 Å². The van der Waals surface area contributed by atoms with E-state index in [1.54, 1.807) is 6.07 Å².